The molecule has 0 fully saturated rings. The molecule has 0 aliphatic heterocycles. The minimum atomic E-state index is -0.580. The summed E-state index contributed by atoms with van der Waals surface area (Å²) in [6.45, 7) is 5.07. The third-order valence-electron chi connectivity index (χ3n) is 2.66. The summed E-state index contributed by atoms with van der Waals surface area (Å²) in [5, 5.41) is 0. The first kappa shape index (κ1) is 11.6. The van der Waals surface area contributed by atoms with Crippen molar-refractivity contribution in [2.24, 2.45) is 0 Å². The van der Waals surface area contributed by atoms with E-state index in [1.807, 2.05) is 0 Å². The summed E-state index contributed by atoms with van der Waals surface area (Å²) in [4.78, 5) is 7.95. The van der Waals surface area contributed by atoms with Crippen LogP contribution in [-0.2, 0) is 0 Å². The highest BCUT2D eigenvalue weighted by atomic mass is 19.1. The Morgan fingerprint density at radius 3 is 1.76 bits per heavy atom. The van der Waals surface area contributed by atoms with Crippen molar-refractivity contribution in [3.8, 4) is 11.1 Å². The molecular formula is C13H12F2N2. The van der Waals surface area contributed by atoms with Crippen LogP contribution in [0.2, 0.25) is 0 Å². The van der Waals surface area contributed by atoms with E-state index in [4.69, 9.17) is 0 Å². The van der Waals surface area contributed by atoms with Gasteiger partial charge in [-0.25, -0.2) is 18.7 Å². The predicted molar refractivity (Wildman–Crippen MR) is 61.6 cm³/mol. The molecular weight excluding hydrogens is 222 g/mol. The van der Waals surface area contributed by atoms with Crippen LogP contribution in [-0.4, -0.2) is 9.97 Å². The fourth-order valence-corrected chi connectivity index (χ4v) is 1.89. The van der Waals surface area contributed by atoms with Gasteiger partial charge in [-0.1, -0.05) is 0 Å². The molecule has 0 bridgehead atoms. The summed E-state index contributed by atoms with van der Waals surface area (Å²) in [7, 11) is 0. The molecule has 1 heterocycles. The molecule has 0 radical (unpaired) electrons. The van der Waals surface area contributed by atoms with Crippen LogP contribution >= 0.6 is 0 Å². The minimum absolute atomic E-state index is 0.0498. The summed E-state index contributed by atoms with van der Waals surface area (Å²) >= 11 is 0. The summed E-state index contributed by atoms with van der Waals surface area (Å²) in [5.74, 6) is -1.16. The first-order chi connectivity index (χ1) is 8.00. The van der Waals surface area contributed by atoms with Crippen LogP contribution in [0.4, 0.5) is 8.78 Å². The van der Waals surface area contributed by atoms with Crippen LogP contribution in [0.1, 0.15) is 17.0 Å². The molecule has 1 aromatic carbocycles. The van der Waals surface area contributed by atoms with Crippen LogP contribution < -0.4 is 0 Å². The van der Waals surface area contributed by atoms with Crippen molar-refractivity contribution in [1.29, 1.82) is 0 Å². The van der Waals surface area contributed by atoms with E-state index in [1.54, 1.807) is 20.8 Å². The first-order valence-corrected chi connectivity index (χ1v) is 5.25. The molecule has 0 atom stereocenters. The van der Waals surface area contributed by atoms with Gasteiger partial charge in [-0.05, 0) is 38.5 Å². The molecule has 0 N–H and O–H groups in total. The molecule has 88 valence electrons. The lowest BCUT2D eigenvalue weighted by Crippen LogP contribution is -2.00. The third kappa shape index (κ3) is 2.02. The van der Waals surface area contributed by atoms with Gasteiger partial charge in [-0.2, -0.15) is 0 Å². The van der Waals surface area contributed by atoms with Crippen molar-refractivity contribution in [2.45, 2.75) is 20.8 Å². The summed E-state index contributed by atoms with van der Waals surface area (Å²) in [6.07, 6.45) is 1.39. The number of aromatic nitrogens is 2. The number of nitrogens with zero attached hydrogens (tertiary/aromatic N) is 2. The van der Waals surface area contributed by atoms with Gasteiger partial charge >= 0.3 is 0 Å². The van der Waals surface area contributed by atoms with E-state index in [1.165, 1.54) is 18.5 Å². The van der Waals surface area contributed by atoms with Crippen molar-refractivity contribution in [3.63, 3.8) is 0 Å². The lowest BCUT2D eigenvalue weighted by molar-refractivity contribution is 0.587. The molecule has 2 rings (SSSR count). The van der Waals surface area contributed by atoms with Crippen molar-refractivity contribution in [3.05, 3.63) is 47.0 Å². The molecule has 0 unspecified atom stereocenters. The van der Waals surface area contributed by atoms with E-state index in [-0.39, 0.29) is 5.56 Å². The Kier molecular flexibility index (Phi) is 2.88. The lowest BCUT2D eigenvalue weighted by Gasteiger charge is -2.10. The molecule has 0 spiro atoms. The van der Waals surface area contributed by atoms with E-state index in [0.29, 0.717) is 22.5 Å². The molecule has 2 nitrogen and oxygen atoms in total. The van der Waals surface area contributed by atoms with Gasteiger partial charge in [0.25, 0.3) is 0 Å². The standard InChI is InChI=1S/C13H12F2N2/c1-7-4-10(14)13(11(15)5-7)12-8(2)16-6-17-9(12)3/h4-6H,1-3H3. The van der Waals surface area contributed by atoms with Crippen LogP contribution in [0.15, 0.2) is 18.5 Å². The second-order valence-corrected chi connectivity index (χ2v) is 4.02. The average Bonchev–Trinajstić information content (AvgIpc) is 2.21. The van der Waals surface area contributed by atoms with Gasteiger partial charge in [-0.3, -0.25) is 0 Å². The van der Waals surface area contributed by atoms with E-state index >= 15 is 0 Å². The summed E-state index contributed by atoms with van der Waals surface area (Å²) in [5.41, 5.74) is 2.07. The molecule has 17 heavy (non-hydrogen) atoms. The largest absolute Gasteiger partial charge is 0.241 e. The van der Waals surface area contributed by atoms with Gasteiger partial charge in [0.05, 0.1) is 5.56 Å². The number of halogens is 2. The third-order valence-corrected chi connectivity index (χ3v) is 2.66. The molecule has 2 aromatic rings. The first-order valence-electron chi connectivity index (χ1n) is 5.25. The maximum atomic E-state index is 13.9. The normalized spacial score (nSPS) is 10.6. The minimum Gasteiger partial charge on any atom is -0.241 e. The highest BCUT2D eigenvalue weighted by Crippen LogP contribution is 2.30. The summed E-state index contributed by atoms with van der Waals surface area (Å²) in [6, 6.07) is 2.62. The highest BCUT2D eigenvalue weighted by molar-refractivity contribution is 5.69. The number of rotatable bonds is 1. The van der Waals surface area contributed by atoms with E-state index < -0.39 is 11.6 Å². The Balaban J connectivity index is 2.77. The predicted octanol–water partition coefficient (Wildman–Crippen LogP) is 3.35. The highest BCUT2D eigenvalue weighted by Gasteiger charge is 2.17. The number of aryl methyl sites for hydroxylation is 3. The van der Waals surface area contributed by atoms with Crippen molar-refractivity contribution < 1.29 is 8.78 Å². The number of hydrogen-bond acceptors (Lipinski definition) is 2. The second-order valence-electron chi connectivity index (χ2n) is 4.02. The lowest BCUT2D eigenvalue weighted by atomic mass is 10.00. The molecule has 1 aromatic heterocycles. The maximum absolute atomic E-state index is 13.9. The quantitative estimate of drug-likeness (QED) is 0.756. The zero-order valence-corrected chi connectivity index (χ0v) is 9.88. The maximum Gasteiger partial charge on any atom is 0.134 e. The van der Waals surface area contributed by atoms with Gasteiger partial charge in [0.1, 0.15) is 18.0 Å². The van der Waals surface area contributed by atoms with Gasteiger partial charge in [0.2, 0.25) is 0 Å². The second kappa shape index (κ2) is 4.20. The van der Waals surface area contributed by atoms with Crippen LogP contribution in [0.3, 0.4) is 0 Å². The van der Waals surface area contributed by atoms with Gasteiger partial charge < -0.3 is 0 Å². The number of hydrogen-bond donors (Lipinski definition) is 0. The van der Waals surface area contributed by atoms with E-state index in [2.05, 4.69) is 9.97 Å². The molecule has 0 aliphatic rings. The average molecular weight is 234 g/mol. The Morgan fingerprint density at radius 1 is 0.824 bits per heavy atom. The van der Waals surface area contributed by atoms with Gasteiger partial charge in [0, 0.05) is 17.0 Å². The molecule has 0 saturated carbocycles. The fourth-order valence-electron chi connectivity index (χ4n) is 1.89. The number of benzene rings is 1. The van der Waals surface area contributed by atoms with Crippen LogP contribution in [0, 0.1) is 32.4 Å². The van der Waals surface area contributed by atoms with E-state index in [0.717, 1.165) is 0 Å². The Morgan fingerprint density at radius 2 is 1.29 bits per heavy atom. The Hall–Kier alpha value is -1.84. The van der Waals surface area contributed by atoms with Crippen molar-refractivity contribution in [2.75, 3.05) is 0 Å². The van der Waals surface area contributed by atoms with Crippen molar-refractivity contribution in [1.82, 2.24) is 9.97 Å². The van der Waals surface area contributed by atoms with Crippen LogP contribution in [0.5, 0.6) is 0 Å². The zero-order chi connectivity index (χ0) is 12.6. The Bertz CT molecular complexity index is 536. The summed E-state index contributed by atoms with van der Waals surface area (Å²) < 4.78 is 27.7. The van der Waals surface area contributed by atoms with Crippen molar-refractivity contribution >= 4 is 0 Å². The van der Waals surface area contributed by atoms with Gasteiger partial charge in [-0.15, -0.1) is 0 Å². The molecule has 0 amide bonds. The zero-order valence-electron chi connectivity index (χ0n) is 9.88. The smallest absolute Gasteiger partial charge is 0.134 e. The molecule has 4 heteroatoms. The van der Waals surface area contributed by atoms with Gasteiger partial charge in [0.15, 0.2) is 0 Å². The Labute approximate surface area is 98.4 Å². The molecule has 0 aliphatic carbocycles. The topological polar surface area (TPSA) is 25.8 Å². The fraction of sp³-hybridized carbons (Fsp3) is 0.231. The monoisotopic (exact) mass is 234 g/mol. The van der Waals surface area contributed by atoms with Crippen LogP contribution in [0.25, 0.3) is 11.1 Å². The van der Waals surface area contributed by atoms with E-state index in [9.17, 15) is 8.78 Å². The SMILES string of the molecule is Cc1cc(F)c(-c2c(C)ncnc2C)c(F)c1. The molecule has 0 saturated heterocycles.